The molecule has 0 aliphatic rings. The first-order valence-corrected chi connectivity index (χ1v) is 6.95. The van der Waals surface area contributed by atoms with Crippen LogP contribution in [0.15, 0.2) is 40.2 Å². The van der Waals surface area contributed by atoms with Crippen LogP contribution in [0.2, 0.25) is 5.02 Å². The van der Waals surface area contributed by atoms with Crippen molar-refractivity contribution < 1.29 is 0 Å². The zero-order valence-electron chi connectivity index (χ0n) is 8.49. The molecule has 1 aromatic carbocycles. The van der Waals surface area contributed by atoms with Gasteiger partial charge in [-0.05, 0) is 45.1 Å². The third-order valence-corrected chi connectivity index (χ3v) is 4.60. The molecule has 4 heteroatoms. The molecule has 1 unspecified atom stereocenters. The highest BCUT2D eigenvalue weighted by Crippen LogP contribution is 2.27. The first kappa shape index (κ1) is 12.1. The number of thiophene rings is 1. The maximum atomic E-state index is 6.15. The van der Waals surface area contributed by atoms with Crippen molar-refractivity contribution >= 4 is 38.9 Å². The molecular weight excluding hydrogens is 306 g/mol. The van der Waals surface area contributed by atoms with Gasteiger partial charge in [-0.2, -0.15) is 0 Å². The standard InChI is InChI=1S/C12H11BrClNS/c13-10-5-6-16-12(10)7-11(15)8-1-3-9(14)4-2-8/h1-6,11H,7,15H2. The number of rotatable bonds is 3. The number of nitrogens with two attached hydrogens (primary N) is 1. The molecule has 0 spiro atoms. The summed E-state index contributed by atoms with van der Waals surface area (Å²) in [6, 6.07) is 9.78. The van der Waals surface area contributed by atoms with Gasteiger partial charge in [-0.25, -0.2) is 0 Å². The summed E-state index contributed by atoms with van der Waals surface area (Å²) in [7, 11) is 0. The van der Waals surface area contributed by atoms with Crippen LogP contribution in [-0.4, -0.2) is 0 Å². The summed E-state index contributed by atoms with van der Waals surface area (Å²) in [5, 5.41) is 2.81. The van der Waals surface area contributed by atoms with Crippen LogP contribution in [0.3, 0.4) is 0 Å². The zero-order valence-corrected chi connectivity index (χ0v) is 11.6. The van der Waals surface area contributed by atoms with Crippen LogP contribution in [0, 0.1) is 0 Å². The van der Waals surface area contributed by atoms with Crippen LogP contribution in [0.1, 0.15) is 16.5 Å². The smallest absolute Gasteiger partial charge is 0.0406 e. The maximum absolute atomic E-state index is 6.15. The fourth-order valence-electron chi connectivity index (χ4n) is 1.50. The monoisotopic (exact) mass is 315 g/mol. The fourth-order valence-corrected chi connectivity index (χ4v) is 3.20. The highest BCUT2D eigenvalue weighted by molar-refractivity contribution is 9.10. The van der Waals surface area contributed by atoms with Gasteiger partial charge in [0.05, 0.1) is 0 Å². The lowest BCUT2D eigenvalue weighted by Crippen LogP contribution is -2.12. The van der Waals surface area contributed by atoms with E-state index in [2.05, 4.69) is 27.4 Å². The van der Waals surface area contributed by atoms with E-state index < -0.39 is 0 Å². The van der Waals surface area contributed by atoms with E-state index in [-0.39, 0.29) is 6.04 Å². The summed E-state index contributed by atoms with van der Waals surface area (Å²) in [4.78, 5) is 1.28. The Labute approximate surface area is 112 Å². The average Bonchev–Trinajstić information content (AvgIpc) is 2.65. The molecule has 2 aromatic rings. The van der Waals surface area contributed by atoms with E-state index in [1.165, 1.54) is 4.88 Å². The van der Waals surface area contributed by atoms with Gasteiger partial charge in [0, 0.05) is 26.8 Å². The number of benzene rings is 1. The molecule has 0 saturated heterocycles. The molecule has 0 fully saturated rings. The normalized spacial score (nSPS) is 12.7. The maximum Gasteiger partial charge on any atom is 0.0406 e. The summed E-state index contributed by atoms with van der Waals surface area (Å²) in [6.45, 7) is 0. The van der Waals surface area contributed by atoms with E-state index in [4.69, 9.17) is 17.3 Å². The van der Waals surface area contributed by atoms with Gasteiger partial charge in [-0.3, -0.25) is 0 Å². The lowest BCUT2D eigenvalue weighted by atomic mass is 10.0. The van der Waals surface area contributed by atoms with Crippen molar-refractivity contribution in [3.8, 4) is 0 Å². The summed E-state index contributed by atoms with van der Waals surface area (Å²) in [5.41, 5.74) is 7.26. The Morgan fingerprint density at radius 2 is 1.94 bits per heavy atom. The molecule has 2 N–H and O–H groups in total. The molecule has 2 rings (SSSR count). The second-order valence-electron chi connectivity index (χ2n) is 3.55. The van der Waals surface area contributed by atoms with Crippen LogP contribution < -0.4 is 5.73 Å². The summed E-state index contributed by atoms with van der Waals surface area (Å²) in [6.07, 6.45) is 0.847. The molecule has 0 aliphatic heterocycles. The molecule has 0 bridgehead atoms. The third kappa shape index (κ3) is 2.86. The van der Waals surface area contributed by atoms with E-state index in [9.17, 15) is 0 Å². The van der Waals surface area contributed by atoms with E-state index >= 15 is 0 Å². The molecule has 84 valence electrons. The van der Waals surface area contributed by atoms with Gasteiger partial charge in [0.2, 0.25) is 0 Å². The van der Waals surface area contributed by atoms with Crippen molar-refractivity contribution in [1.29, 1.82) is 0 Å². The minimum Gasteiger partial charge on any atom is -0.324 e. The van der Waals surface area contributed by atoms with E-state index in [1.807, 2.05) is 24.3 Å². The van der Waals surface area contributed by atoms with Crippen molar-refractivity contribution in [3.05, 3.63) is 55.6 Å². The molecule has 0 saturated carbocycles. The van der Waals surface area contributed by atoms with Crippen LogP contribution in [0.25, 0.3) is 0 Å². The Hall–Kier alpha value is -0.350. The van der Waals surface area contributed by atoms with Crippen LogP contribution in [-0.2, 0) is 6.42 Å². The molecule has 0 radical (unpaired) electrons. The first-order valence-electron chi connectivity index (χ1n) is 4.89. The Morgan fingerprint density at radius 3 is 2.50 bits per heavy atom. The van der Waals surface area contributed by atoms with E-state index in [0.29, 0.717) is 0 Å². The molecule has 1 atom stereocenters. The molecule has 1 heterocycles. The van der Waals surface area contributed by atoms with Crippen molar-refractivity contribution in [2.45, 2.75) is 12.5 Å². The molecule has 1 aromatic heterocycles. The highest BCUT2D eigenvalue weighted by Gasteiger charge is 2.10. The van der Waals surface area contributed by atoms with Crippen LogP contribution in [0.4, 0.5) is 0 Å². The van der Waals surface area contributed by atoms with Crippen molar-refractivity contribution in [3.63, 3.8) is 0 Å². The fraction of sp³-hybridized carbons (Fsp3) is 0.167. The Balaban J connectivity index is 2.11. The molecule has 0 amide bonds. The van der Waals surface area contributed by atoms with E-state index in [0.717, 1.165) is 21.5 Å². The summed E-state index contributed by atoms with van der Waals surface area (Å²) < 4.78 is 1.14. The summed E-state index contributed by atoms with van der Waals surface area (Å²) in [5.74, 6) is 0. The quantitative estimate of drug-likeness (QED) is 0.892. The molecular formula is C12H11BrClNS. The van der Waals surface area contributed by atoms with Gasteiger partial charge in [0.15, 0.2) is 0 Å². The highest BCUT2D eigenvalue weighted by atomic mass is 79.9. The second kappa shape index (κ2) is 5.32. The topological polar surface area (TPSA) is 26.0 Å². The van der Waals surface area contributed by atoms with Gasteiger partial charge in [0.1, 0.15) is 0 Å². The predicted molar refractivity (Wildman–Crippen MR) is 74.1 cm³/mol. The number of hydrogen-bond acceptors (Lipinski definition) is 2. The number of hydrogen-bond donors (Lipinski definition) is 1. The van der Waals surface area contributed by atoms with Crippen molar-refractivity contribution in [1.82, 2.24) is 0 Å². The lowest BCUT2D eigenvalue weighted by Gasteiger charge is -2.11. The molecule has 0 aliphatic carbocycles. The third-order valence-electron chi connectivity index (χ3n) is 2.39. The van der Waals surface area contributed by atoms with Gasteiger partial charge in [-0.15, -0.1) is 11.3 Å². The van der Waals surface area contributed by atoms with Gasteiger partial charge < -0.3 is 5.73 Å². The number of halogens is 2. The van der Waals surface area contributed by atoms with Gasteiger partial charge in [0.25, 0.3) is 0 Å². The minimum absolute atomic E-state index is 0.0206. The van der Waals surface area contributed by atoms with Crippen molar-refractivity contribution in [2.24, 2.45) is 5.73 Å². The lowest BCUT2D eigenvalue weighted by molar-refractivity contribution is 0.728. The van der Waals surface area contributed by atoms with Gasteiger partial charge in [-0.1, -0.05) is 23.7 Å². The largest absolute Gasteiger partial charge is 0.324 e. The van der Waals surface area contributed by atoms with Gasteiger partial charge >= 0.3 is 0 Å². The molecule has 1 nitrogen and oxygen atoms in total. The van der Waals surface area contributed by atoms with Crippen LogP contribution in [0.5, 0.6) is 0 Å². The SMILES string of the molecule is NC(Cc1sccc1Br)c1ccc(Cl)cc1. The zero-order chi connectivity index (χ0) is 11.5. The molecule has 16 heavy (non-hydrogen) atoms. The average molecular weight is 317 g/mol. The Kier molecular flexibility index (Phi) is 4.03. The van der Waals surface area contributed by atoms with Crippen LogP contribution >= 0.6 is 38.9 Å². The van der Waals surface area contributed by atoms with E-state index in [1.54, 1.807) is 11.3 Å². The minimum atomic E-state index is 0.0206. The summed E-state index contributed by atoms with van der Waals surface area (Å²) >= 11 is 11.1. The van der Waals surface area contributed by atoms with Crippen molar-refractivity contribution in [2.75, 3.05) is 0 Å². The first-order chi connectivity index (χ1) is 7.66. The second-order valence-corrected chi connectivity index (χ2v) is 5.85. The predicted octanol–water partition coefficient (Wildman–Crippen LogP) is 4.41. The Bertz CT molecular complexity index is 466. The Morgan fingerprint density at radius 1 is 1.25 bits per heavy atom.